The summed E-state index contributed by atoms with van der Waals surface area (Å²) in [6.07, 6.45) is 6.50. The van der Waals surface area contributed by atoms with E-state index < -0.39 is 24.0 Å². The Hall–Kier alpha value is -2.60. The predicted molar refractivity (Wildman–Crippen MR) is 107 cm³/mol. The second-order valence-electron chi connectivity index (χ2n) is 7.36. The molecule has 1 unspecified atom stereocenters. The van der Waals surface area contributed by atoms with Crippen LogP contribution in [-0.4, -0.2) is 41.3 Å². The minimum atomic E-state index is -1.18. The monoisotopic (exact) mass is 416 g/mol. The minimum Gasteiger partial charge on any atom is -0.449 e. The molecule has 154 valence electrons. The number of hydrogen-bond donors (Lipinski definition) is 2. The van der Waals surface area contributed by atoms with Gasteiger partial charge in [0.25, 0.3) is 5.91 Å². The number of hydrogen-bond acceptors (Lipinski definition) is 7. The first kappa shape index (κ1) is 21.1. The van der Waals surface area contributed by atoms with E-state index in [2.05, 4.69) is 15.6 Å². The maximum absolute atomic E-state index is 12.7. The van der Waals surface area contributed by atoms with Gasteiger partial charge < -0.3 is 10.1 Å². The van der Waals surface area contributed by atoms with E-state index in [9.17, 15) is 19.6 Å². The maximum atomic E-state index is 12.7. The highest BCUT2D eigenvalue weighted by atomic mass is 32.2. The Morgan fingerprint density at radius 2 is 1.97 bits per heavy atom. The lowest BCUT2D eigenvalue weighted by Crippen LogP contribution is -2.47. The smallest absolute Gasteiger partial charge is 0.340 e. The number of carbonyl (C=O) groups excluding carboxylic acids is 3. The number of carbonyl (C=O) groups is 3. The summed E-state index contributed by atoms with van der Waals surface area (Å²) in [6, 6.07) is 3.07. The van der Waals surface area contributed by atoms with E-state index in [1.807, 2.05) is 6.07 Å². The molecule has 2 N–H and O–H groups in total. The van der Waals surface area contributed by atoms with Gasteiger partial charge in [0.05, 0.1) is 11.1 Å². The van der Waals surface area contributed by atoms with Crippen molar-refractivity contribution in [1.82, 2.24) is 15.6 Å². The van der Waals surface area contributed by atoms with Crippen LogP contribution in [0.15, 0.2) is 11.1 Å². The zero-order chi connectivity index (χ0) is 21.0. The topological polar surface area (TPSA) is 121 Å². The lowest BCUT2D eigenvalue weighted by Gasteiger charge is -2.16. The van der Waals surface area contributed by atoms with Crippen LogP contribution in [0.5, 0.6) is 0 Å². The first-order chi connectivity index (χ1) is 13.9. The molecular formula is C20H24N4O4S. The number of imide groups is 1. The number of rotatable bonds is 6. The molecule has 2 aliphatic carbocycles. The number of amides is 3. The number of urea groups is 1. The van der Waals surface area contributed by atoms with Gasteiger partial charge in [-0.15, -0.1) is 11.8 Å². The summed E-state index contributed by atoms with van der Waals surface area (Å²) in [7, 11) is 0. The van der Waals surface area contributed by atoms with Gasteiger partial charge in [0.2, 0.25) is 0 Å². The number of esters is 1. The zero-order valence-corrected chi connectivity index (χ0v) is 17.3. The molecule has 0 saturated heterocycles. The van der Waals surface area contributed by atoms with Crippen molar-refractivity contribution in [3.05, 3.63) is 22.9 Å². The van der Waals surface area contributed by atoms with Gasteiger partial charge in [0.15, 0.2) is 6.10 Å². The fraction of sp³-hybridized carbons (Fsp3) is 0.550. The Bertz CT molecular complexity index is 857. The van der Waals surface area contributed by atoms with Crippen molar-refractivity contribution in [3.63, 3.8) is 0 Å². The Labute approximate surface area is 173 Å². The SMILES string of the molecule is CSc1nc(C2CC2)cc(C(=O)OC(C)C(=O)NC(=O)NC2CCCC2)c1C#N. The van der Waals surface area contributed by atoms with E-state index in [1.54, 1.807) is 12.3 Å². The lowest BCUT2D eigenvalue weighted by molar-refractivity contribution is -0.127. The van der Waals surface area contributed by atoms with E-state index in [-0.39, 0.29) is 17.2 Å². The van der Waals surface area contributed by atoms with Gasteiger partial charge in [-0.25, -0.2) is 14.6 Å². The molecular weight excluding hydrogens is 392 g/mol. The summed E-state index contributed by atoms with van der Waals surface area (Å²) in [5, 5.41) is 14.9. The van der Waals surface area contributed by atoms with Crippen LogP contribution in [0.1, 0.15) is 73.0 Å². The third-order valence-corrected chi connectivity index (χ3v) is 5.79. The van der Waals surface area contributed by atoms with E-state index in [1.165, 1.54) is 18.7 Å². The average molecular weight is 417 g/mol. The molecule has 29 heavy (non-hydrogen) atoms. The van der Waals surface area contributed by atoms with Crippen molar-refractivity contribution < 1.29 is 19.1 Å². The molecule has 3 rings (SSSR count). The average Bonchev–Trinajstić information content (AvgIpc) is 3.43. The lowest BCUT2D eigenvalue weighted by atomic mass is 10.1. The number of nitrogens with one attached hydrogen (secondary N) is 2. The second-order valence-corrected chi connectivity index (χ2v) is 8.15. The summed E-state index contributed by atoms with van der Waals surface area (Å²) in [6.45, 7) is 1.39. The highest BCUT2D eigenvalue weighted by molar-refractivity contribution is 7.98. The van der Waals surface area contributed by atoms with Gasteiger partial charge >= 0.3 is 12.0 Å². The van der Waals surface area contributed by atoms with E-state index in [4.69, 9.17) is 4.74 Å². The molecule has 3 amide bonds. The number of nitriles is 1. The van der Waals surface area contributed by atoms with Gasteiger partial charge in [-0.1, -0.05) is 12.8 Å². The molecule has 0 bridgehead atoms. The summed E-state index contributed by atoms with van der Waals surface area (Å²) in [5.74, 6) is -1.20. The minimum absolute atomic E-state index is 0.0708. The maximum Gasteiger partial charge on any atom is 0.340 e. The van der Waals surface area contributed by atoms with Crippen LogP contribution in [0.3, 0.4) is 0 Å². The van der Waals surface area contributed by atoms with Gasteiger partial charge in [-0.2, -0.15) is 5.26 Å². The van der Waals surface area contributed by atoms with Crippen molar-refractivity contribution in [2.24, 2.45) is 0 Å². The molecule has 0 aliphatic heterocycles. The number of nitrogens with zero attached hydrogens (tertiary/aromatic N) is 2. The molecule has 1 aromatic rings. The van der Waals surface area contributed by atoms with Crippen LogP contribution in [-0.2, 0) is 9.53 Å². The molecule has 8 nitrogen and oxygen atoms in total. The third kappa shape index (κ3) is 5.26. The highest BCUT2D eigenvalue weighted by Crippen LogP contribution is 2.40. The fourth-order valence-electron chi connectivity index (χ4n) is 3.33. The third-order valence-electron chi connectivity index (χ3n) is 5.11. The van der Waals surface area contributed by atoms with Crippen molar-refractivity contribution in [2.75, 3.05) is 6.26 Å². The van der Waals surface area contributed by atoms with Crippen LogP contribution in [0.25, 0.3) is 0 Å². The predicted octanol–water partition coefficient (Wildman–Crippen LogP) is 2.87. The molecule has 9 heteroatoms. The second kappa shape index (κ2) is 9.27. The number of thioether (sulfide) groups is 1. The van der Waals surface area contributed by atoms with E-state index in [0.717, 1.165) is 44.2 Å². The molecule has 1 aromatic heterocycles. The van der Waals surface area contributed by atoms with Crippen molar-refractivity contribution in [1.29, 1.82) is 5.26 Å². The standard InChI is InChI=1S/C20H24N4O4S/c1-11(17(25)24-20(27)22-13-5-3-4-6-13)28-19(26)14-9-16(12-7-8-12)23-18(29-2)15(14)10-21/h9,11-13H,3-8H2,1-2H3,(H2,22,24,25,27). The summed E-state index contributed by atoms with van der Waals surface area (Å²) < 4.78 is 5.25. The highest BCUT2D eigenvalue weighted by Gasteiger charge is 2.30. The Kier molecular flexibility index (Phi) is 6.75. The Morgan fingerprint density at radius 3 is 2.55 bits per heavy atom. The molecule has 1 atom stereocenters. The number of pyridine rings is 1. The molecule has 2 fully saturated rings. The van der Waals surface area contributed by atoms with Crippen molar-refractivity contribution in [3.8, 4) is 6.07 Å². The van der Waals surface area contributed by atoms with Gasteiger partial charge in [0, 0.05) is 17.7 Å². The molecule has 0 spiro atoms. The van der Waals surface area contributed by atoms with Gasteiger partial charge in [-0.05, 0) is 44.9 Å². The zero-order valence-electron chi connectivity index (χ0n) is 16.5. The van der Waals surface area contributed by atoms with Crippen molar-refractivity contribution in [2.45, 2.75) is 68.5 Å². The van der Waals surface area contributed by atoms with Crippen LogP contribution in [0.2, 0.25) is 0 Å². The Morgan fingerprint density at radius 1 is 1.28 bits per heavy atom. The quantitative estimate of drug-likeness (QED) is 0.540. The van der Waals surface area contributed by atoms with E-state index >= 15 is 0 Å². The molecule has 1 heterocycles. The summed E-state index contributed by atoms with van der Waals surface area (Å²) >= 11 is 1.29. The molecule has 2 aliphatic rings. The van der Waals surface area contributed by atoms with Gasteiger partial charge in [0.1, 0.15) is 11.1 Å². The van der Waals surface area contributed by atoms with Crippen LogP contribution < -0.4 is 10.6 Å². The fourth-order valence-corrected chi connectivity index (χ4v) is 3.88. The molecule has 0 radical (unpaired) electrons. The molecule has 2 saturated carbocycles. The summed E-state index contributed by atoms with van der Waals surface area (Å²) in [4.78, 5) is 41.3. The first-order valence-corrected chi connectivity index (χ1v) is 11.0. The van der Waals surface area contributed by atoms with E-state index in [0.29, 0.717) is 10.9 Å². The van der Waals surface area contributed by atoms with Crippen LogP contribution >= 0.6 is 11.8 Å². The normalized spacial score (nSPS) is 17.3. The molecule has 0 aromatic carbocycles. The van der Waals surface area contributed by atoms with Crippen molar-refractivity contribution >= 4 is 29.7 Å². The Balaban J connectivity index is 1.65. The number of ether oxygens (including phenoxy) is 1. The van der Waals surface area contributed by atoms with Crippen LogP contribution in [0.4, 0.5) is 4.79 Å². The largest absolute Gasteiger partial charge is 0.449 e. The number of aromatic nitrogens is 1. The van der Waals surface area contributed by atoms with Gasteiger partial charge in [-0.3, -0.25) is 10.1 Å². The van der Waals surface area contributed by atoms with Crippen LogP contribution in [0, 0.1) is 11.3 Å². The summed E-state index contributed by atoms with van der Waals surface area (Å²) in [5.41, 5.74) is 0.996. The first-order valence-electron chi connectivity index (χ1n) is 9.74.